The van der Waals surface area contributed by atoms with Gasteiger partial charge in [0.1, 0.15) is 24.0 Å². The lowest BCUT2D eigenvalue weighted by atomic mass is 10.0. The first-order valence-electron chi connectivity index (χ1n) is 10.2. The summed E-state index contributed by atoms with van der Waals surface area (Å²) >= 11 is 0. The van der Waals surface area contributed by atoms with E-state index in [0.29, 0.717) is 28.0 Å². The average Bonchev–Trinajstić information content (AvgIpc) is 3.15. The lowest BCUT2D eigenvalue weighted by Crippen LogP contribution is -2.25. The molecule has 0 aliphatic carbocycles. The summed E-state index contributed by atoms with van der Waals surface area (Å²) < 4.78 is 76.6. The smallest absolute Gasteiger partial charge is 0.387 e. The van der Waals surface area contributed by atoms with Crippen molar-refractivity contribution in [2.45, 2.75) is 24.3 Å². The number of sulfone groups is 1. The molecule has 0 N–H and O–H groups in total. The van der Waals surface area contributed by atoms with Gasteiger partial charge in [-0.25, -0.2) is 22.8 Å². The lowest BCUT2D eigenvalue weighted by Gasteiger charge is -2.28. The highest BCUT2D eigenvalue weighted by Gasteiger charge is 2.29. The van der Waals surface area contributed by atoms with Gasteiger partial charge in [0.15, 0.2) is 14.9 Å². The summed E-state index contributed by atoms with van der Waals surface area (Å²) in [6.07, 6.45) is 2.33. The Hall–Kier alpha value is -3.44. The molecule has 5 rings (SSSR count). The van der Waals surface area contributed by atoms with Crippen molar-refractivity contribution >= 4 is 20.9 Å². The number of benzene rings is 2. The second-order valence-corrected chi connectivity index (χ2v) is 9.79. The highest BCUT2D eigenvalue weighted by molar-refractivity contribution is 7.90. The van der Waals surface area contributed by atoms with Crippen molar-refractivity contribution in [2.24, 2.45) is 0 Å². The van der Waals surface area contributed by atoms with E-state index in [-0.39, 0.29) is 29.6 Å². The van der Waals surface area contributed by atoms with E-state index in [2.05, 4.69) is 9.97 Å². The summed E-state index contributed by atoms with van der Waals surface area (Å²) in [7, 11) is -3.50. The molecule has 1 unspecified atom stereocenters. The standard InChI is InChI=1S/C23H18F3N3O4S/c1-34(30,31)22-7-6-13(10-27-22)15-8-18-17(9-16(15)24)28-21-12-32-11-19(29(18)21)14-4-2-3-5-20(14)33-23(25)26/h2-10,19,23H,11-12H2,1H3. The molecule has 1 aliphatic heterocycles. The molecule has 11 heteroatoms. The second-order valence-electron chi connectivity index (χ2n) is 7.82. The number of aromatic nitrogens is 3. The number of nitrogens with zero attached hydrogens (tertiary/aromatic N) is 3. The third kappa shape index (κ3) is 4.01. The Bertz CT molecular complexity index is 1490. The molecule has 2 aromatic heterocycles. The Labute approximate surface area is 192 Å². The van der Waals surface area contributed by atoms with Crippen molar-refractivity contribution in [1.29, 1.82) is 0 Å². The summed E-state index contributed by atoms with van der Waals surface area (Å²) in [6.45, 7) is -2.64. The Morgan fingerprint density at radius 3 is 2.68 bits per heavy atom. The summed E-state index contributed by atoms with van der Waals surface area (Å²) in [5.41, 5.74) is 2.00. The summed E-state index contributed by atoms with van der Waals surface area (Å²) in [5, 5.41) is -0.118. The molecule has 176 valence electrons. The molecule has 4 aromatic rings. The minimum absolute atomic E-state index is 0.0173. The van der Waals surface area contributed by atoms with Gasteiger partial charge in [0.2, 0.25) is 0 Å². The maximum atomic E-state index is 15.0. The molecule has 3 heterocycles. The van der Waals surface area contributed by atoms with Crippen LogP contribution in [-0.4, -0.2) is 42.4 Å². The largest absolute Gasteiger partial charge is 0.434 e. The maximum Gasteiger partial charge on any atom is 0.387 e. The van der Waals surface area contributed by atoms with Gasteiger partial charge in [-0.2, -0.15) is 8.78 Å². The first-order chi connectivity index (χ1) is 16.2. The van der Waals surface area contributed by atoms with Gasteiger partial charge in [0.25, 0.3) is 0 Å². The molecule has 0 amide bonds. The van der Waals surface area contributed by atoms with Crippen molar-refractivity contribution < 1.29 is 31.1 Å². The predicted octanol–water partition coefficient (Wildman–Crippen LogP) is 4.36. The van der Waals surface area contributed by atoms with Gasteiger partial charge in [0.05, 0.1) is 23.7 Å². The van der Waals surface area contributed by atoms with E-state index < -0.39 is 28.3 Å². The molecule has 2 aromatic carbocycles. The summed E-state index contributed by atoms with van der Waals surface area (Å²) in [6, 6.07) is 11.6. The highest BCUT2D eigenvalue weighted by atomic mass is 32.2. The number of ether oxygens (including phenoxy) is 2. The SMILES string of the molecule is CS(=O)(=O)c1ccc(-c2cc3c(cc2F)nc2n3C(c3ccccc3OC(F)F)COC2)cn1. The number of para-hydroxylation sites is 1. The van der Waals surface area contributed by atoms with Crippen molar-refractivity contribution in [1.82, 2.24) is 14.5 Å². The van der Waals surface area contributed by atoms with Crippen LogP contribution in [0.5, 0.6) is 5.75 Å². The van der Waals surface area contributed by atoms with Gasteiger partial charge in [0, 0.05) is 35.2 Å². The van der Waals surface area contributed by atoms with Crippen molar-refractivity contribution in [2.75, 3.05) is 12.9 Å². The van der Waals surface area contributed by atoms with Gasteiger partial charge in [-0.05, 0) is 24.3 Å². The molecular weight excluding hydrogens is 471 g/mol. The average molecular weight is 489 g/mol. The number of halogens is 3. The van der Waals surface area contributed by atoms with Gasteiger partial charge >= 0.3 is 6.61 Å². The van der Waals surface area contributed by atoms with E-state index in [1.54, 1.807) is 24.3 Å². The van der Waals surface area contributed by atoms with Gasteiger partial charge < -0.3 is 14.0 Å². The molecule has 0 fully saturated rings. The van der Waals surface area contributed by atoms with E-state index in [1.165, 1.54) is 30.5 Å². The van der Waals surface area contributed by atoms with E-state index in [9.17, 15) is 17.2 Å². The lowest BCUT2D eigenvalue weighted by molar-refractivity contribution is -0.0512. The Morgan fingerprint density at radius 1 is 1.18 bits per heavy atom. The predicted molar refractivity (Wildman–Crippen MR) is 117 cm³/mol. The molecule has 0 bridgehead atoms. The number of hydrogen-bond acceptors (Lipinski definition) is 6. The highest BCUT2D eigenvalue weighted by Crippen LogP contribution is 2.37. The van der Waals surface area contributed by atoms with Crippen LogP contribution in [0.25, 0.3) is 22.2 Å². The molecule has 0 saturated heterocycles. The number of pyridine rings is 1. The van der Waals surface area contributed by atoms with E-state index in [1.807, 2.05) is 4.57 Å². The molecule has 34 heavy (non-hydrogen) atoms. The molecule has 0 spiro atoms. The van der Waals surface area contributed by atoms with Crippen LogP contribution in [0.3, 0.4) is 0 Å². The normalized spacial score (nSPS) is 16.1. The van der Waals surface area contributed by atoms with Gasteiger partial charge in [-0.15, -0.1) is 0 Å². The fourth-order valence-electron chi connectivity index (χ4n) is 4.12. The Balaban J connectivity index is 1.65. The van der Waals surface area contributed by atoms with Crippen LogP contribution in [0.2, 0.25) is 0 Å². The third-order valence-corrected chi connectivity index (χ3v) is 6.59. The zero-order chi connectivity index (χ0) is 24.0. The quantitative estimate of drug-likeness (QED) is 0.414. The fourth-order valence-corrected chi connectivity index (χ4v) is 4.68. The molecule has 0 saturated carbocycles. The van der Waals surface area contributed by atoms with E-state index in [0.717, 1.165) is 6.26 Å². The fraction of sp³-hybridized carbons (Fsp3) is 0.217. The van der Waals surface area contributed by atoms with Crippen molar-refractivity contribution in [3.05, 3.63) is 71.9 Å². The number of imidazole rings is 1. The van der Waals surface area contributed by atoms with Crippen LogP contribution >= 0.6 is 0 Å². The molecular formula is C23H18F3N3O4S. The van der Waals surface area contributed by atoms with Crippen molar-refractivity contribution in [3.63, 3.8) is 0 Å². The summed E-state index contributed by atoms with van der Waals surface area (Å²) in [5.74, 6) is -0.0281. The summed E-state index contributed by atoms with van der Waals surface area (Å²) in [4.78, 5) is 8.42. The van der Waals surface area contributed by atoms with Crippen LogP contribution in [0.4, 0.5) is 13.2 Å². The van der Waals surface area contributed by atoms with Crippen LogP contribution in [0.1, 0.15) is 17.4 Å². The Morgan fingerprint density at radius 2 is 1.97 bits per heavy atom. The van der Waals surface area contributed by atoms with E-state index >= 15 is 4.39 Å². The van der Waals surface area contributed by atoms with Crippen LogP contribution in [0, 0.1) is 5.82 Å². The molecule has 1 atom stereocenters. The number of alkyl halides is 2. The molecule has 0 radical (unpaired) electrons. The first-order valence-corrected chi connectivity index (χ1v) is 12.1. The zero-order valence-corrected chi connectivity index (χ0v) is 18.6. The third-order valence-electron chi connectivity index (χ3n) is 5.59. The monoisotopic (exact) mass is 489 g/mol. The minimum atomic E-state index is -3.50. The van der Waals surface area contributed by atoms with Crippen LogP contribution in [-0.2, 0) is 21.2 Å². The van der Waals surface area contributed by atoms with Gasteiger partial charge in [-0.3, -0.25) is 0 Å². The topological polar surface area (TPSA) is 83.3 Å². The minimum Gasteiger partial charge on any atom is -0.434 e. The van der Waals surface area contributed by atoms with Crippen molar-refractivity contribution in [3.8, 4) is 16.9 Å². The first kappa shape index (κ1) is 22.4. The number of hydrogen-bond donors (Lipinski definition) is 0. The maximum absolute atomic E-state index is 15.0. The number of rotatable bonds is 5. The second kappa shape index (κ2) is 8.41. The van der Waals surface area contributed by atoms with Crippen LogP contribution in [0.15, 0.2) is 59.8 Å². The van der Waals surface area contributed by atoms with Crippen LogP contribution < -0.4 is 4.74 Å². The Kier molecular flexibility index (Phi) is 5.53. The molecule has 1 aliphatic rings. The van der Waals surface area contributed by atoms with E-state index in [4.69, 9.17) is 9.47 Å². The zero-order valence-electron chi connectivity index (χ0n) is 17.8. The number of fused-ring (bicyclic) bond motifs is 3. The molecule has 7 nitrogen and oxygen atoms in total. The van der Waals surface area contributed by atoms with Gasteiger partial charge in [-0.1, -0.05) is 18.2 Å².